The van der Waals surface area contributed by atoms with Crippen molar-refractivity contribution in [1.82, 2.24) is 9.78 Å². The fraction of sp³-hybridized carbons (Fsp3) is 0.375. The van der Waals surface area contributed by atoms with E-state index in [9.17, 15) is 18.0 Å². The number of amides is 1. The molecule has 0 spiro atoms. The van der Waals surface area contributed by atoms with E-state index in [4.69, 9.17) is 0 Å². The van der Waals surface area contributed by atoms with Crippen LogP contribution in [-0.2, 0) is 11.8 Å². The van der Waals surface area contributed by atoms with Crippen LogP contribution in [0.3, 0.4) is 0 Å². The van der Waals surface area contributed by atoms with Gasteiger partial charge in [0.2, 0.25) is 5.91 Å². The van der Waals surface area contributed by atoms with Crippen LogP contribution in [0.1, 0.15) is 17.9 Å². The third-order valence-electron chi connectivity index (χ3n) is 3.94. The fourth-order valence-electron chi connectivity index (χ4n) is 2.65. The quantitative estimate of drug-likeness (QED) is 0.881. The molecule has 1 aliphatic carbocycles. The first-order valence-electron chi connectivity index (χ1n) is 7.52. The zero-order chi connectivity index (χ0) is 17.3. The van der Waals surface area contributed by atoms with Crippen LogP contribution >= 0.6 is 0 Å². The molecule has 24 heavy (non-hydrogen) atoms. The average Bonchev–Trinajstić information content (AvgIpc) is 3.20. The van der Waals surface area contributed by atoms with Crippen LogP contribution < -0.4 is 10.6 Å². The Balaban J connectivity index is 1.63. The number of nitrogens with zero attached hydrogens (tertiary/aromatic N) is 2. The Labute approximate surface area is 136 Å². The summed E-state index contributed by atoms with van der Waals surface area (Å²) in [5, 5.41) is 9.12. The predicted octanol–water partition coefficient (Wildman–Crippen LogP) is 3.14. The zero-order valence-corrected chi connectivity index (χ0v) is 13.0. The molecule has 5 nitrogen and oxygen atoms in total. The lowest BCUT2D eigenvalue weighted by atomic mass is 10.2. The third-order valence-corrected chi connectivity index (χ3v) is 3.94. The van der Waals surface area contributed by atoms with Crippen molar-refractivity contribution in [3.05, 3.63) is 42.2 Å². The molecule has 2 aromatic rings. The molecular formula is C16H17F3N4O. The number of rotatable bonds is 5. The SMILES string of the molecule is Cn1cc([C@H]2C[C@H]2C(=O)Nc2ccccc2NCC(F)(F)F)cn1. The molecular weight excluding hydrogens is 321 g/mol. The Morgan fingerprint density at radius 3 is 2.67 bits per heavy atom. The zero-order valence-electron chi connectivity index (χ0n) is 13.0. The van der Waals surface area contributed by atoms with Gasteiger partial charge in [-0.1, -0.05) is 12.1 Å². The number of hydrogen-bond acceptors (Lipinski definition) is 3. The third kappa shape index (κ3) is 3.87. The number of benzene rings is 1. The molecule has 1 heterocycles. The molecule has 2 atom stereocenters. The lowest BCUT2D eigenvalue weighted by Gasteiger charge is -2.14. The van der Waals surface area contributed by atoms with E-state index in [2.05, 4.69) is 15.7 Å². The fourth-order valence-corrected chi connectivity index (χ4v) is 2.65. The number of aromatic nitrogens is 2. The van der Waals surface area contributed by atoms with Crippen molar-refractivity contribution in [2.45, 2.75) is 18.5 Å². The van der Waals surface area contributed by atoms with Crippen LogP contribution in [0.15, 0.2) is 36.7 Å². The smallest absolute Gasteiger partial charge is 0.375 e. The summed E-state index contributed by atoms with van der Waals surface area (Å²) in [6, 6.07) is 6.37. The summed E-state index contributed by atoms with van der Waals surface area (Å²) in [5.41, 5.74) is 1.60. The average molecular weight is 338 g/mol. The Morgan fingerprint density at radius 1 is 1.33 bits per heavy atom. The number of anilines is 2. The van der Waals surface area contributed by atoms with Gasteiger partial charge in [-0.15, -0.1) is 0 Å². The number of carbonyl (C=O) groups excluding carboxylic acids is 1. The van der Waals surface area contributed by atoms with Crippen LogP contribution in [0.2, 0.25) is 0 Å². The first kappa shape index (κ1) is 16.4. The van der Waals surface area contributed by atoms with Gasteiger partial charge in [-0.05, 0) is 30.0 Å². The summed E-state index contributed by atoms with van der Waals surface area (Å²) in [7, 11) is 1.81. The highest BCUT2D eigenvalue weighted by atomic mass is 19.4. The van der Waals surface area contributed by atoms with Gasteiger partial charge < -0.3 is 10.6 Å². The number of hydrogen-bond donors (Lipinski definition) is 2. The molecule has 3 rings (SSSR count). The molecule has 128 valence electrons. The molecule has 1 amide bonds. The van der Waals surface area contributed by atoms with Crippen LogP contribution in [0.4, 0.5) is 24.5 Å². The predicted molar refractivity (Wildman–Crippen MR) is 83.7 cm³/mol. The van der Waals surface area contributed by atoms with Gasteiger partial charge in [0.1, 0.15) is 6.54 Å². The second-order valence-corrected chi connectivity index (χ2v) is 5.90. The summed E-state index contributed by atoms with van der Waals surface area (Å²) < 4.78 is 38.8. The van der Waals surface area contributed by atoms with E-state index >= 15 is 0 Å². The number of aryl methyl sites for hydroxylation is 1. The minimum absolute atomic E-state index is 0.119. The Kier molecular flexibility index (Phi) is 4.21. The maximum absolute atomic E-state index is 12.4. The van der Waals surface area contributed by atoms with Crippen molar-refractivity contribution in [2.75, 3.05) is 17.2 Å². The Hall–Kier alpha value is -2.51. The lowest BCUT2D eigenvalue weighted by Crippen LogP contribution is -2.22. The van der Waals surface area contributed by atoms with Crippen LogP contribution in [0.5, 0.6) is 0 Å². The van der Waals surface area contributed by atoms with E-state index < -0.39 is 12.7 Å². The Morgan fingerprint density at radius 2 is 2.04 bits per heavy atom. The van der Waals surface area contributed by atoms with Crippen LogP contribution in [-0.4, -0.2) is 28.4 Å². The van der Waals surface area contributed by atoms with Crippen molar-refractivity contribution in [1.29, 1.82) is 0 Å². The van der Waals surface area contributed by atoms with Crippen molar-refractivity contribution >= 4 is 17.3 Å². The first-order chi connectivity index (χ1) is 11.3. The van der Waals surface area contributed by atoms with E-state index in [-0.39, 0.29) is 23.4 Å². The molecule has 0 aliphatic heterocycles. The molecule has 1 fully saturated rings. The van der Waals surface area contributed by atoms with Gasteiger partial charge in [-0.25, -0.2) is 0 Å². The van der Waals surface area contributed by atoms with E-state index in [1.807, 2.05) is 13.2 Å². The largest absolute Gasteiger partial charge is 0.405 e. The minimum Gasteiger partial charge on any atom is -0.375 e. The molecule has 1 saturated carbocycles. The highest BCUT2D eigenvalue weighted by Gasteiger charge is 2.44. The molecule has 0 bridgehead atoms. The highest BCUT2D eigenvalue weighted by Crippen LogP contribution is 2.48. The molecule has 0 saturated heterocycles. The van der Waals surface area contributed by atoms with Crippen LogP contribution in [0.25, 0.3) is 0 Å². The van der Waals surface area contributed by atoms with E-state index in [1.54, 1.807) is 29.1 Å². The molecule has 0 unspecified atom stereocenters. The van der Waals surface area contributed by atoms with Gasteiger partial charge >= 0.3 is 6.18 Å². The second kappa shape index (κ2) is 6.18. The van der Waals surface area contributed by atoms with Gasteiger partial charge in [-0.2, -0.15) is 18.3 Å². The van der Waals surface area contributed by atoms with Gasteiger partial charge in [0.15, 0.2) is 0 Å². The van der Waals surface area contributed by atoms with Crippen molar-refractivity contribution in [2.24, 2.45) is 13.0 Å². The molecule has 8 heteroatoms. The topological polar surface area (TPSA) is 59.0 Å². The van der Waals surface area contributed by atoms with Crippen LogP contribution in [0, 0.1) is 5.92 Å². The van der Waals surface area contributed by atoms with E-state index in [1.165, 1.54) is 6.07 Å². The lowest BCUT2D eigenvalue weighted by molar-refractivity contribution is -0.117. The van der Waals surface area contributed by atoms with Crippen molar-refractivity contribution in [3.63, 3.8) is 0 Å². The minimum atomic E-state index is -4.32. The number of carbonyl (C=O) groups is 1. The maximum atomic E-state index is 12.4. The molecule has 2 N–H and O–H groups in total. The summed E-state index contributed by atoms with van der Waals surface area (Å²) in [6.07, 6.45) is 0.00223. The molecule has 1 aromatic carbocycles. The van der Waals surface area contributed by atoms with Gasteiger partial charge in [-0.3, -0.25) is 9.48 Å². The van der Waals surface area contributed by atoms with E-state index in [0.29, 0.717) is 5.69 Å². The summed E-state index contributed by atoms with van der Waals surface area (Å²) in [6.45, 7) is -1.15. The van der Waals surface area contributed by atoms with Gasteiger partial charge in [0, 0.05) is 19.2 Å². The van der Waals surface area contributed by atoms with Gasteiger partial charge in [0.05, 0.1) is 17.6 Å². The van der Waals surface area contributed by atoms with Crippen molar-refractivity contribution in [3.8, 4) is 0 Å². The molecule has 0 radical (unpaired) electrons. The maximum Gasteiger partial charge on any atom is 0.405 e. The number of alkyl halides is 3. The number of nitrogens with one attached hydrogen (secondary N) is 2. The van der Waals surface area contributed by atoms with Gasteiger partial charge in [0.25, 0.3) is 0 Å². The van der Waals surface area contributed by atoms with Crippen molar-refractivity contribution < 1.29 is 18.0 Å². The van der Waals surface area contributed by atoms with E-state index in [0.717, 1.165) is 12.0 Å². The molecule has 1 aliphatic rings. The summed E-state index contributed by atoms with van der Waals surface area (Å²) in [4.78, 5) is 12.3. The monoisotopic (exact) mass is 338 g/mol. The second-order valence-electron chi connectivity index (χ2n) is 5.90. The Bertz CT molecular complexity index is 741. The highest BCUT2D eigenvalue weighted by molar-refractivity contribution is 5.97. The normalized spacial score (nSPS) is 19.8. The summed E-state index contributed by atoms with van der Waals surface area (Å²) >= 11 is 0. The summed E-state index contributed by atoms with van der Waals surface area (Å²) in [5.74, 6) is -0.246. The first-order valence-corrected chi connectivity index (χ1v) is 7.52. The standard InChI is InChI=1S/C16H17F3N4O/c1-23-8-10(7-21-23)11-6-12(11)15(24)22-14-5-3-2-4-13(14)20-9-16(17,18)19/h2-5,7-8,11-12,20H,6,9H2,1H3,(H,22,24)/t11-,12-/m1/s1. The number of halogens is 3. The number of para-hydroxylation sites is 2. The molecule has 1 aromatic heterocycles.